The summed E-state index contributed by atoms with van der Waals surface area (Å²) in [5.41, 5.74) is 2.14. The van der Waals surface area contributed by atoms with Crippen LogP contribution in [0.3, 0.4) is 0 Å². The van der Waals surface area contributed by atoms with Crippen molar-refractivity contribution in [3.8, 4) is 11.4 Å². The molecule has 0 aliphatic heterocycles. The number of halogens is 1. The fourth-order valence-electron chi connectivity index (χ4n) is 1.63. The van der Waals surface area contributed by atoms with E-state index in [9.17, 15) is 0 Å². The highest BCUT2D eigenvalue weighted by atomic mass is 79.9. The highest BCUT2D eigenvalue weighted by Crippen LogP contribution is 2.19. The molecule has 2 aromatic rings. The third-order valence-corrected chi connectivity index (χ3v) is 3.04. The number of hydrogen-bond donors (Lipinski definition) is 1. The van der Waals surface area contributed by atoms with Gasteiger partial charge in [0.05, 0.1) is 0 Å². The molecule has 0 amide bonds. The number of benzene rings is 1. The van der Waals surface area contributed by atoms with E-state index in [1.807, 2.05) is 36.7 Å². The SMILES string of the molecule is CCCNCc1cnc(-c2cccc(Br)c2)nc1. The van der Waals surface area contributed by atoms with Gasteiger partial charge in [0.2, 0.25) is 0 Å². The normalized spacial score (nSPS) is 10.6. The van der Waals surface area contributed by atoms with Crippen LogP contribution in [0.4, 0.5) is 0 Å². The molecule has 1 heterocycles. The number of nitrogens with zero attached hydrogens (tertiary/aromatic N) is 2. The summed E-state index contributed by atoms with van der Waals surface area (Å²) in [7, 11) is 0. The van der Waals surface area contributed by atoms with E-state index in [0.29, 0.717) is 0 Å². The molecule has 18 heavy (non-hydrogen) atoms. The van der Waals surface area contributed by atoms with E-state index in [0.717, 1.165) is 40.9 Å². The summed E-state index contributed by atoms with van der Waals surface area (Å²) in [4.78, 5) is 8.79. The van der Waals surface area contributed by atoms with Crippen molar-refractivity contribution in [3.05, 3.63) is 46.7 Å². The van der Waals surface area contributed by atoms with Crippen LogP contribution in [0.2, 0.25) is 0 Å². The van der Waals surface area contributed by atoms with Crippen LogP contribution in [0, 0.1) is 0 Å². The average Bonchev–Trinajstić information content (AvgIpc) is 2.40. The lowest BCUT2D eigenvalue weighted by molar-refractivity contribution is 0.672. The minimum Gasteiger partial charge on any atom is -0.313 e. The smallest absolute Gasteiger partial charge is 0.159 e. The summed E-state index contributed by atoms with van der Waals surface area (Å²) in [6, 6.07) is 8.01. The molecule has 0 aliphatic rings. The Balaban J connectivity index is 2.07. The lowest BCUT2D eigenvalue weighted by Crippen LogP contribution is -2.14. The summed E-state index contributed by atoms with van der Waals surface area (Å²) < 4.78 is 1.04. The molecule has 0 spiro atoms. The van der Waals surface area contributed by atoms with Crippen molar-refractivity contribution in [2.24, 2.45) is 0 Å². The Labute approximate surface area is 116 Å². The molecule has 0 saturated heterocycles. The molecule has 4 heteroatoms. The molecule has 0 unspecified atom stereocenters. The molecule has 2 rings (SSSR count). The molecule has 0 atom stereocenters. The Morgan fingerprint density at radius 2 is 2.00 bits per heavy atom. The second kappa shape index (κ2) is 6.61. The second-order valence-corrected chi connectivity index (χ2v) is 5.02. The summed E-state index contributed by atoms with van der Waals surface area (Å²) in [5.74, 6) is 0.760. The Morgan fingerprint density at radius 1 is 1.22 bits per heavy atom. The number of rotatable bonds is 5. The Kier molecular flexibility index (Phi) is 4.84. The predicted octanol–water partition coefficient (Wildman–Crippen LogP) is 3.41. The van der Waals surface area contributed by atoms with Crippen molar-refractivity contribution in [2.45, 2.75) is 19.9 Å². The van der Waals surface area contributed by atoms with Gasteiger partial charge in [0.1, 0.15) is 0 Å². The maximum Gasteiger partial charge on any atom is 0.159 e. The molecular weight excluding hydrogens is 290 g/mol. The van der Waals surface area contributed by atoms with Crippen molar-refractivity contribution in [1.82, 2.24) is 15.3 Å². The van der Waals surface area contributed by atoms with Crippen molar-refractivity contribution in [2.75, 3.05) is 6.54 Å². The number of nitrogens with one attached hydrogen (secondary N) is 1. The molecule has 1 aromatic carbocycles. The summed E-state index contributed by atoms with van der Waals surface area (Å²) in [6.07, 6.45) is 4.90. The van der Waals surface area contributed by atoms with Crippen LogP contribution in [-0.4, -0.2) is 16.5 Å². The van der Waals surface area contributed by atoms with Gasteiger partial charge in [-0.15, -0.1) is 0 Å². The Bertz CT molecular complexity index is 497. The highest BCUT2D eigenvalue weighted by Gasteiger charge is 2.01. The van der Waals surface area contributed by atoms with Crippen molar-refractivity contribution in [1.29, 1.82) is 0 Å². The first-order valence-electron chi connectivity index (χ1n) is 6.07. The van der Waals surface area contributed by atoms with Gasteiger partial charge in [-0.1, -0.05) is 35.0 Å². The Morgan fingerprint density at radius 3 is 2.67 bits per heavy atom. The largest absolute Gasteiger partial charge is 0.313 e. The zero-order valence-corrected chi connectivity index (χ0v) is 11.9. The quantitative estimate of drug-likeness (QED) is 0.860. The monoisotopic (exact) mass is 305 g/mol. The van der Waals surface area contributed by atoms with Crippen LogP contribution in [0.15, 0.2) is 41.1 Å². The van der Waals surface area contributed by atoms with Gasteiger partial charge >= 0.3 is 0 Å². The first-order chi connectivity index (χ1) is 8.79. The maximum absolute atomic E-state index is 4.40. The van der Waals surface area contributed by atoms with E-state index in [1.165, 1.54) is 0 Å². The molecule has 94 valence electrons. The van der Waals surface area contributed by atoms with E-state index in [2.05, 4.69) is 38.1 Å². The summed E-state index contributed by atoms with van der Waals surface area (Å²) >= 11 is 3.45. The number of hydrogen-bond acceptors (Lipinski definition) is 3. The van der Waals surface area contributed by atoms with E-state index in [4.69, 9.17) is 0 Å². The minimum atomic E-state index is 0.760. The van der Waals surface area contributed by atoms with E-state index >= 15 is 0 Å². The fourth-order valence-corrected chi connectivity index (χ4v) is 2.03. The first kappa shape index (κ1) is 13.2. The van der Waals surface area contributed by atoms with E-state index in [-0.39, 0.29) is 0 Å². The first-order valence-corrected chi connectivity index (χ1v) is 6.86. The van der Waals surface area contributed by atoms with Crippen LogP contribution in [0.1, 0.15) is 18.9 Å². The molecule has 1 N–H and O–H groups in total. The standard InChI is InChI=1S/C14H16BrN3/c1-2-6-16-8-11-9-17-14(18-10-11)12-4-3-5-13(15)7-12/h3-5,7,9-10,16H,2,6,8H2,1H3. The van der Waals surface area contributed by atoms with Crippen LogP contribution in [0.5, 0.6) is 0 Å². The molecule has 0 radical (unpaired) electrons. The van der Waals surface area contributed by atoms with E-state index in [1.54, 1.807) is 0 Å². The molecule has 3 nitrogen and oxygen atoms in total. The summed E-state index contributed by atoms with van der Waals surface area (Å²) in [5, 5.41) is 3.33. The molecule has 0 bridgehead atoms. The average molecular weight is 306 g/mol. The van der Waals surface area contributed by atoms with Gasteiger partial charge in [-0.2, -0.15) is 0 Å². The van der Waals surface area contributed by atoms with Crippen molar-refractivity contribution < 1.29 is 0 Å². The zero-order chi connectivity index (χ0) is 12.8. The predicted molar refractivity (Wildman–Crippen MR) is 77.2 cm³/mol. The van der Waals surface area contributed by atoms with Gasteiger partial charge < -0.3 is 5.32 Å². The second-order valence-electron chi connectivity index (χ2n) is 4.10. The fraction of sp³-hybridized carbons (Fsp3) is 0.286. The summed E-state index contributed by atoms with van der Waals surface area (Å²) in [6.45, 7) is 4.00. The van der Waals surface area contributed by atoms with Gasteiger partial charge in [-0.05, 0) is 25.1 Å². The van der Waals surface area contributed by atoms with Crippen LogP contribution in [0.25, 0.3) is 11.4 Å². The van der Waals surface area contributed by atoms with Crippen LogP contribution >= 0.6 is 15.9 Å². The van der Waals surface area contributed by atoms with Gasteiger partial charge in [-0.3, -0.25) is 0 Å². The van der Waals surface area contributed by atoms with Crippen molar-refractivity contribution in [3.63, 3.8) is 0 Å². The third kappa shape index (κ3) is 3.62. The van der Waals surface area contributed by atoms with Gasteiger partial charge in [0.25, 0.3) is 0 Å². The van der Waals surface area contributed by atoms with Gasteiger partial charge in [0, 0.05) is 34.5 Å². The minimum absolute atomic E-state index is 0.760. The van der Waals surface area contributed by atoms with Crippen LogP contribution in [-0.2, 0) is 6.54 Å². The molecular formula is C14H16BrN3. The topological polar surface area (TPSA) is 37.8 Å². The van der Waals surface area contributed by atoms with Gasteiger partial charge in [-0.25, -0.2) is 9.97 Å². The molecule has 1 aromatic heterocycles. The molecule has 0 fully saturated rings. The lowest BCUT2D eigenvalue weighted by atomic mass is 10.2. The van der Waals surface area contributed by atoms with E-state index < -0.39 is 0 Å². The van der Waals surface area contributed by atoms with Gasteiger partial charge in [0.15, 0.2) is 5.82 Å². The van der Waals surface area contributed by atoms with Crippen LogP contribution < -0.4 is 5.32 Å². The number of aromatic nitrogens is 2. The van der Waals surface area contributed by atoms with Crippen molar-refractivity contribution >= 4 is 15.9 Å². The third-order valence-electron chi connectivity index (χ3n) is 2.54. The zero-order valence-electron chi connectivity index (χ0n) is 10.4. The molecule has 0 saturated carbocycles. The highest BCUT2D eigenvalue weighted by molar-refractivity contribution is 9.10. The maximum atomic E-state index is 4.40. The lowest BCUT2D eigenvalue weighted by Gasteiger charge is -2.04. The molecule has 0 aliphatic carbocycles. The Hall–Kier alpha value is -1.26.